The molecule has 1 heterocycles. The van der Waals surface area contributed by atoms with Gasteiger partial charge in [0.25, 0.3) is 5.91 Å². The van der Waals surface area contributed by atoms with Gasteiger partial charge in [-0.05, 0) is 54.0 Å². The Kier molecular flexibility index (Phi) is 10.3. The molecular weight excluding hydrogens is 560 g/mol. The van der Waals surface area contributed by atoms with Crippen LogP contribution in [0.15, 0.2) is 42.0 Å². The second-order valence-corrected chi connectivity index (χ2v) is 10.2. The third-order valence-corrected chi connectivity index (χ3v) is 7.78. The summed E-state index contributed by atoms with van der Waals surface area (Å²) in [5, 5.41) is 33.6. The number of aliphatic hydroxyl groups excluding tert-OH is 3. The van der Waals surface area contributed by atoms with Gasteiger partial charge in [0.05, 0.1) is 46.5 Å². The third-order valence-electron chi connectivity index (χ3n) is 7.78. The van der Waals surface area contributed by atoms with E-state index in [1.54, 1.807) is 37.3 Å². The summed E-state index contributed by atoms with van der Waals surface area (Å²) < 4.78 is 22.5. The Hall–Kier alpha value is -4.13. The molecule has 43 heavy (non-hydrogen) atoms. The van der Waals surface area contributed by atoms with Crippen molar-refractivity contribution in [3.05, 3.63) is 58.7 Å². The average molecular weight is 599 g/mol. The van der Waals surface area contributed by atoms with Crippen molar-refractivity contribution in [1.29, 1.82) is 0 Å². The van der Waals surface area contributed by atoms with Crippen LogP contribution in [-0.2, 0) is 27.4 Å². The number of methoxy groups -OCH3 is 3. The highest BCUT2D eigenvalue weighted by atomic mass is 16.5. The monoisotopic (exact) mass is 598 g/mol. The predicted molar refractivity (Wildman–Crippen MR) is 154 cm³/mol. The first kappa shape index (κ1) is 31.8. The second kappa shape index (κ2) is 13.9. The Morgan fingerprint density at radius 2 is 1.77 bits per heavy atom. The lowest BCUT2D eigenvalue weighted by molar-refractivity contribution is -0.148. The van der Waals surface area contributed by atoms with E-state index in [2.05, 4.69) is 5.32 Å². The van der Waals surface area contributed by atoms with Gasteiger partial charge in [-0.1, -0.05) is 6.92 Å². The minimum absolute atomic E-state index is 0.000182. The number of benzene rings is 2. The number of carbonyl (C=O) groups excluding carboxylic acids is 3. The molecule has 2 aromatic carbocycles. The van der Waals surface area contributed by atoms with Crippen molar-refractivity contribution < 1.29 is 48.7 Å². The van der Waals surface area contributed by atoms with E-state index in [1.165, 1.54) is 32.3 Å². The van der Waals surface area contributed by atoms with E-state index in [9.17, 15) is 29.7 Å². The highest BCUT2D eigenvalue weighted by Gasteiger charge is 2.51. The lowest BCUT2D eigenvalue weighted by atomic mass is 9.77. The molecule has 0 aromatic heterocycles. The summed E-state index contributed by atoms with van der Waals surface area (Å²) in [5.74, 6) is -1.03. The largest absolute Gasteiger partial charge is 0.497 e. The van der Waals surface area contributed by atoms with Crippen molar-refractivity contribution in [3.8, 4) is 23.0 Å². The molecule has 1 aliphatic heterocycles. The first-order chi connectivity index (χ1) is 20.7. The fourth-order valence-electron chi connectivity index (χ4n) is 5.63. The molecule has 2 aromatic rings. The van der Waals surface area contributed by atoms with Crippen LogP contribution in [0.1, 0.15) is 36.0 Å². The quantitative estimate of drug-likeness (QED) is 0.243. The van der Waals surface area contributed by atoms with Crippen molar-refractivity contribution >= 4 is 17.6 Å². The minimum atomic E-state index is -1.35. The lowest BCUT2D eigenvalue weighted by Gasteiger charge is -2.40. The Labute approximate surface area is 249 Å². The van der Waals surface area contributed by atoms with Crippen LogP contribution in [0.4, 0.5) is 0 Å². The van der Waals surface area contributed by atoms with Crippen LogP contribution in [0.25, 0.3) is 0 Å². The molecule has 12 nitrogen and oxygen atoms in total. The zero-order chi connectivity index (χ0) is 31.3. The van der Waals surface area contributed by atoms with Crippen molar-refractivity contribution in [2.45, 2.75) is 50.5 Å². The van der Waals surface area contributed by atoms with Gasteiger partial charge in [-0.15, -0.1) is 0 Å². The van der Waals surface area contributed by atoms with E-state index in [0.717, 1.165) is 0 Å². The van der Waals surface area contributed by atoms with Gasteiger partial charge in [0.2, 0.25) is 11.7 Å². The maximum Gasteiger partial charge on any atom is 0.290 e. The zero-order valence-electron chi connectivity index (χ0n) is 24.7. The van der Waals surface area contributed by atoms with Gasteiger partial charge in [0.15, 0.2) is 11.5 Å². The number of ether oxygens (including phenoxy) is 4. The van der Waals surface area contributed by atoms with Crippen molar-refractivity contribution in [1.82, 2.24) is 10.2 Å². The fourth-order valence-corrected chi connectivity index (χ4v) is 5.63. The number of ketones is 1. The van der Waals surface area contributed by atoms with Crippen molar-refractivity contribution in [3.63, 3.8) is 0 Å². The predicted octanol–water partition coefficient (Wildman–Crippen LogP) is 0.878. The third kappa shape index (κ3) is 6.31. The first-order valence-corrected chi connectivity index (χ1v) is 14.0. The summed E-state index contributed by atoms with van der Waals surface area (Å²) in [6, 6.07) is 7.41. The summed E-state index contributed by atoms with van der Waals surface area (Å²) >= 11 is 0. The lowest BCUT2D eigenvalue weighted by Crippen LogP contribution is -2.57. The number of amides is 2. The van der Waals surface area contributed by atoms with E-state index in [0.29, 0.717) is 39.7 Å². The zero-order valence-corrected chi connectivity index (χ0v) is 24.7. The number of hydrogen-bond donors (Lipinski definition) is 4. The van der Waals surface area contributed by atoms with E-state index in [4.69, 9.17) is 18.9 Å². The number of hydrogen-bond acceptors (Lipinski definition) is 10. The summed E-state index contributed by atoms with van der Waals surface area (Å²) in [5.41, 5.74) is 1.94. The molecule has 0 bridgehead atoms. The molecule has 4 rings (SSSR count). The van der Waals surface area contributed by atoms with Crippen LogP contribution in [0, 0.1) is 0 Å². The Morgan fingerprint density at radius 3 is 2.40 bits per heavy atom. The molecule has 0 saturated heterocycles. The maximum absolute atomic E-state index is 13.5. The normalized spacial score (nSPS) is 20.2. The molecule has 0 saturated carbocycles. The van der Waals surface area contributed by atoms with Gasteiger partial charge in [-0.2, -0.15) is 0 Å². The van der Waals surface area contributed by atoms with Crippen LogP contribution >= 0.6 is 0 Å². The Bertz CT molecular complexity index is 1390. The van der Waals surface area contributed by atoms with E-state index in [1.807, 2.05) is 0 Å². The van der Waals surface area contributed by atoms with Gasteiger partial charge >= 0.3 is 0 Å². The van der Waals surface area contributed by atoms with Crippen LogP contribution < -0.4 is 24.3 Å². The molecule has 2 amide bonds. The number of aliphatic hydroxyl groups is 3. The van der Waals surface area contributed by atoms with Gasteiger partial charge in [-0.3, -0.25) is 14.4 Å². The molecule has 1 aliphatic carbocycles. The van der Waals surface area contributed by atoms with E-state index >= 15 is 0 Å². The fraction of sp³-hybridized carbons (Fsp3) is 0.452. The SMILES string of the molecule is CCC(=O)C(=O)N(CCc1cc(OC)ccc1OC)C1C=C(C(=O)NCCO)C2c3cc(CO)cc(OC)c3OC2C1O. The van der Waals surface area contributed by atoms with Gasteiger partial charge in [0, 0.05) is 30.6 Å². The Morgan fingerprint density at radius 1 is 1.02 bits per heavy atom. The summed E-state index contributed by atoms with van der Waals surface area (Å²) in [6.07, 6.45) is -0.701. The van der Waals surface area contributed by atoms with Crippen LogP contribution in [0.5, 0.6) is 23.0 Å². The number of rotatable bonds is 13. The van der Waals surface area contributed by atoms with Crippen LogP contribution in [0.3, 0.4) is 0 Å². The number of fused-ring (bicyclic) bond motifs is 3. The highest BCUT2D eigenvalue weighted by molar-refractivity contribution is 6.36. The Balaban J connectivity index is 1.80. The van der Waals surface area contributed by atoms with Crippen LogP contribution in [-0.4, -0.2) is 97.1 Å². The molecule has 4 unspecified atom stereocenters. The van der Waals surface area contributed by atoms with Crippen LogP contribution in [0.2, 0.25) is 0 Å². The van der Waals surface area contributed by atoms with Crippen molar-refractivity contribution in [2.24, 2.45) is 0 Å². The summed E-state index contributed by atoms with van der Waals surface area (Å²) in [4.78, 5) is 41.0. The smallest absolute Gasteiger partial charge is 0.290 e. The first-order valence-electron chi connectivity index (χ1n) is 14.0. The minimum Gasteiger partial charge on any atom is -0.497 e. The topological polar surface area (TPSA) is 164 Å². The van der Waals surface area contributed by atoms with Crippen molar-refractivity contribution in [2.75, 3.05) is 41.0 Å². The molecule has 4 atom stereocenters. The molecule has 0 spiro atoms. The number of Topliss-reactive ketones (excluding diaryl/α,β-unsaturated/α-hetero) is 1. The molecule has 232 valence electrons. The summed E-state index contributed by atoms with van der Waals surface area (Å²) in [6.45, 7) is 0.952. The molecule has 0 radical (unpaired) electrons. The maximum atomic E-state index is 13.5. The van der Waals surface area contributed by atoms with Gasteiger partial charge < -0.3 is 44.5 Å². The van der Waals surface area contributed by atoms with Gasteiger partial charge in [-0.25, -0.2) is 0 Å². The van der Waals surface area contributed by atoms with Gasteiger partial charge in [0.1, 0.15) is 23.7 Å². The van der Waals surface area contributed by atoms with E-state index < -0.39 is 41.8 Å². The van der Waals surface area contributed by atoms with E-state index in [-0.39, 0.29) is 44.7 Å². The molecular formula is C31H38N2O10. The molecule has 2 aliphatic rings. The second-order valence-electron chi connectivity index (χ2n) is 10.2. The number of nitrogens with one attached hydrogen (secondary N) is 1. The molecule has 4 N–H and O–H groups in total. The molecule has 0 fully saturated rings. The average Bonchev–Trinajstić information content (AvgIpc) is 3.43. The molecule has 12 heteroatoms. The number of nitrogens with zero attached hydrogens (tertiary/aromatic N) is 1. The number of carbonyl (C=O) groups is 3. The standard InChI is InChI=1S/C31H38N2O10/c1-5-23(36)31(39)33(10-8-18-14-19(40-2)6-7-24(18)41-3)22-15-21(30(38)32-9-11-34)26-20-12-17(16-35)13-25(42-4)28(20)43-29(26)27(22)37/h6-7,12-15,22,26-27,29,34-35,37H,5,8-11,16H2,1-4H3,(H,32,38). The highest BCUT2D eigenvalue weighted by Crippen LogP contribution is 2.51. The summed E-state index contributed by atoms with van der Waals surface area (Å²) in [7, 11) is 4.49.